The van der Waals surface area contributed by atoms with E-state index in [2.05, 4.69) is 28.2 Å². The molecule has 4 aromatic rings. The number of rotatable bonds is 8. The summed E-state index contributed by atoms with van der Waals surface area (Å²) in [6, 6.07) is 11.3. The van der Waals surface area contributed by atoms with E-state index in [1.165, 1.54) is 17.3 Å². The predicted molar refractivity (Wildman–Crippen MR) is 116 cm³/mol. The van der Waals surface area contributed by atoms with E-state index in [4.69, 9.17) is 13.9 Å². The van der Waals surface area contributed by atoms with Gasteiger partial charge in [0.1, 0.15) is 11.5 Å². The summed E-state index contributed by atoms with van der Waals surface area (Å²) in [5.41, 5.74) is 3.53. The molecule has 0 saturated heterocycles. The number of H-pyrrole nitrogens is 1. The van der Waals surface area contributed by atoms with E-state index in [0.29, 0.717) is 33.7 Å². The number of nitrogens with zero attached hydrogens (tertiary/aromatic N) is 2. The minimum atomic E-state index is 0.00119. The molecule has 0 aliphatic rings. The maximum absolute atomic E-state index is 12.8. The van der Waals surface area contributed by atoms with E-state index >= 15 is 0 Å². The molecule has 0 bridgehead atoms. The molecule has 2 aromatic carbocycles. The number of ketones is 1. The fourth-order valence-electron chi connectivity index (χ4n) is 3.30. The highest BCUT2D eigenvalue weighted by atomic mass is 32.2. The van der Waals surface area contributed by atoms with E-state index in [0.717, 1.165) is 17.3 Å². The summed E-state index contributed by atoms with van der Waals surface area (Å²) in [5, 5.41) is 9.40. The highest BCUT2D eigenvalue weighted by molar-refractivity contribution is 7.99. The van der Waals surface area contributed by atoms with Crippen molar-refractivity contribution in [2.75, 3.05) is 20.0 Å². The smallest absolute Gasteiger partial charge is 0.277 e. The number of carbonyl (C=O) groups is 1. The Bertz CT molecular complexity index is 1200. The Morgan fingerprint density at radius 2 is 2.03 bits per heavy atom. The second kappa shape index (κ2) is 8.62. The lowest BCUT2D eigenvalue weighted by Crippen LogP contribution is -2.01. The van der Waals surface area contributed by atoms with Gasteiger partial charge in [0.05, 0.1) is 25.5 Å². The SMILES string of the molecule is CCc1cccc2c(C(=O)CSc3nnc(-c4ccc(OC)cc4OC)o3)c[nH]c12. The molecule has 0 fully saturated rings. The predicted octanol–water partition coefficient (Wildman–Crippen LogP) is 4.77. The largest absolute Gasteiger partial charge is 0.497 e. The van der Waals surface area contributed by atoms with Gasteiger partial charge < -0.3 is 18.9 Å². The third-order valence-corrected chi connectivity index (χ3v) is 5.67. The molecule has 0 saturated carbocycles. The molecule has 154 valence electrons. The van der Waals surface area contributed by atoms with Gasteiger partial charge in [-0.1, -0.05) is 36.9 Å². The number of Topliss-reactive ketones (excluding diaryl/α,β-unsaturated/α-hetero) is 1. The average Bonchev–Trinajstić information content (AvgIpc) is 3.44. The van der Waals surface area contributed by atoms with Crippen LogP contribution in [0.15, 0.2) is 52.2 Å². The zero-order chi connectivity index (χ0) is 21.1. The highest BCUT2D eigenvalue weighted by Crippen LogP contribution is 2.34. The van der Waals surface area contributed by atoms with Crippen LogP contribution in [0.5, 0.6) is 11.5 Å². The lowest BCUT2D eigenvalue weighted by atomic mass is 10.1. The Balaban J connectivity index is 1.50. The van der Waals surface area contributed by atoms with Crippen LogP contribution >= 0.6 is 11.8 Å². The van der Waals surface area contributed by atoms with Crippen molar-refractivity contribution in [2.45, 2.75) is 18.6 Å². The number of benzene rings is 2. The topological polar surface area (TPSA) is 90.2 Å². The number of methoxy groups -OCH3 is 2. The summed E-state index contributed by atoms with van der Waals surface area (Å²) in [6.07, 6.45) is 2.67. The molecule has 30 heavy (non-hydrogen) atoms. The molecule has 0 amide bonds. The Morgan fingerprint density at radius 3 is 2.80 bits per heavy atom. The molecule has 0 spiro atoms. The van der Waals surface area contributed by atoms with E-state index in [1.54, 1.807) is 38.6 Å². The van der Waals surface area contributed by atoms with Gasteiger partial charge in [-0.2, -0.15) is 0 Å². The van der Waals surface area contributed by atoms with Gasteiger partial charge in [0.25, 0.3) is 11.1 Å². The molecule has 7 nitrogen and oxygen atoms in total. The molecule has 2 heterocycles. The van der Waals surface area contributed by atoms with Crippen LogP contribution in [0.2, 0.25) is 0 Å². The normalized spacial score (nSPS) is 11.0. The number of thioether (sulfide) groups is 1. The number of para-hydroxylation sites is 1. The van der Waals surface area contributed by atoms with Crippen LogP contribution in [0, 0.1) is 0 Å². The first-order valence-corrected chi connectivity index (χ1v) is 10.4. The molecule has 0 unspecified atom stereocenters. The maximum Gasteiger partial charge on any atom is 0.277 e. The Labute approximate surface area is 177 Å². The second-order valence-electron chi connectivity index (χ2n) is 6.55. The average molecular weight is 423 g/mol. The van der Waals surface area contributed by atoms with Crippen molar-refractivity contribution >= 4 is 28.4 Å². The molecule has 0 atom stereocenters. The van der Waals surface area contributed by atoms with Crippen molar-refractivity contribution in [3.05, 3.63) is 53.7 Å². The first-order chi connectivity index (χ1) is 14.6. The van der Waals surface area contributed by atoms with Crippen molar-refractivity contribution in [2.24, 2.45) is 0 Å². The fourth-order valence-corrected chi connectivity index (χ4v) is 3.95. The number of aryl methyl sites for hydroxylation is 1. The maximum atomic E-state index is 12.8. The number of nitrogens with one attached hydrogen (secondary N) is 1. The van der Waals surface area contributed by atoms with Gasteiger partial charge in [0, 0.05) is 28.7 Å². The van der Waals surface area contributed by atoms with Crippen LogP contribution in [-0.2, 0) is 6.42 Å². The van der Waals surface area contributed by atoms with E-state index in [9.17, 15) is 4.79 Å². The monoisotopic (exact) mass is 423 g/mol. The Morgan fingerprint density at radius 1 is 1.17 bits per heavy atom. The number of hydrogen-bond donors (Lipinski definition) is 1. The first kappa shape index (κ1) is 20.0. The van der Waals surface area contributed by atoms with Gasteiger partial charge in [-0.15, -0.1) is 10.2 Å². The summed E-state index contributed by atoms with van der Waals surface area (Å²) in [6.45, 7) is 2.10. The molecule has 8 heteroatoms. The van der Waals surface area contributed by atoms with Gasteiger partial charge in [-0.3, -0.25) is 4.79 Å². The summed E-state index contributed by atoms with van der Waals surface area (Å²) in [4.78, 5) is 16.0. The molecular formula is C22H21N3O4S. The third-order valence-electron chi connectivity index (χ3n) is 4.86. The second-order valence-corrected chi connectivity index (χ2v) is 7.47. The number of aromatic nitrogens is 3. The Kier molecular flexibility index (Phi) is 5.76. The summed E-state index contributed by atoms with van der Waals surface area (Å²) in [5.74, 6) is 1.76. The number of fused-ring (bicyclic) bond motifs is 1. The molecule has 1 N–H and O–H groups in total. The summed E-state index contributed by atoms with van der Waals surface area (Å²) < 4.78 is 16.3. The van der Waals surface area contributed by atoms with Gasteiger partial charge in [0.2, 0.25) is 0 Å². The van der Waals surface area contributed by atoms with Crippen LogP contribution in [0.25, 0.3) is 22.4 Å². The van der Waals surface area contributed by atoms with E-state index in [1.807, 2.05) is 12.1 Å². The van der Waals surface area contributed by atoms with Crippen molar-refractivity contribution in [3.8, 4) is 23.0 Å². The van der Waals surface area contributed by atoms with Crippen molar-refractivity contribution in [3.63, 3.8) is 0 Å². The van der Waals surface area contributed by atoms with Crippen LogP contribution < -0.4 is 9.47 Å². The number of ether oxygens (including phenoxy) is 2. The fraction of sp³-hybridized carbons (Fsp3) is 0.227. The zero-order valence-corrected chi connectivity index (χ0v) is 17.7. The minimum Gasteiger partial charge on any atom is -0.497 e. The van der Waals surface area contributed by atoms with Gasteiger partial charge in [-0.25, -0.2) is 0 Å². The third kappa shape index (κ3) is 3.78. The number of hydrogen-bond acceptors (Lipinski definition) is 7. The molecule has 0 radical (unpaired) electrons. The van der Waals surface area contributed by atoms with Crippen molar-refractivity contribution in [1.29, 1.82) is 0 Å². The number of aromatic amines is 1. The molecule has 0 aliphatic carbocycles. The van der Waals surface area contributed by atoms with Gasteiger partial charge >= 0.3 is 0 Å². The standard InChI is InChI=1S/C22H21N3O4S/c1-4-13-6-5-7-15-17(11-23-20(13)15)18(26)12-30-22-25-24-21(29-22)16-9-8-14(27-2)10-19(16)28-3/h5-11,23H,4,12H2,1-3H3. The minimum absolute atomic E-state index is 0.00119. The first-order valence-electron chi connectivity index (χ1n) is 9.45. The number of carbonyl (C=O) groups excluding carboxylic acids is 1. The van der Waals surface area contributed by atoms with Gasteiger partial charge in [0.15, 0.2) is 5.78 Å². The molecule has 0 aliphatic heterocycles. The van der Waals surface area contributed by atoms with Crippen LogP contribution in [0.3, 0.4) is 0 Å². The van der Waals surface area contributed by atoms with Gasteiger partial charge in [-0.05, 0) is 24.1 Å². The molecular weight excluding hydrogens is 402 g/mol. The lowest BCUT2D eigenvalue weighted by Gasteiger charge is -2.07. The summed E-state index contributed by atoms with van der Waals surface area (Å²) >= 11 is 1.21. The van der Waals surface area contributed by atoms with Crippen molar-refractivity contribution in [1.82, 2.24) is 15.2 Å². The summed E-state index contributed by atoms with van der Waals surface area (Å²) in [7, 11) is 3.15. The van der Waals surface area contributed by atoms with Crippen LogP contribution in [0.1, 0.15) is 22.8 Å². The lowest BCUT2D eigenvalue weighted by molar-refractivity contribution is 0.102. The molecule has 2 aromatic heterocycles. The zero-order valence-electron chi connectivity index (χ0n) is 16.9. The van der Waals surface area contributed by atoms with E-state index < -0.39 is 0 Å². The highest BCUT2D eigenvalue weighted by Gasteiger charge is 2.18. The van der Waals surface area contributed by atoms with Crippen molar-refractivity contribution < 1.29 is 18.7 Å². The van der Waals surface area contributed by atoms with Crippen LogP contribution in [-0.4, -0.2) is 40.9 Å². The Hall–Kier alpha value is -3.26. The molecule has 4 rings (SSSR count). The quantitative estimate of drug-likeness (QED) is 0.322. The van der Waals surface area contributed by atoms with E-state index in [-0.39, 0.29) is 11.5 Å². The van der Waals surface area contributed by atoms with Crippen LogP contribution in [0.4, 0.5) is 0 Å².